The number of amides is 4. The first kappa shape index (κ1) is 18.3. The number of rotatable bonds is 6. The van der Waals surface area contributed by atoms with Gasteiger partial charge >= 0.3 is 6.03 Å². The molecule has 0 unspecified atom stereocenters. The van der Waals surface area contributed by atoms with E-state index in [0.717, 1.165) is 5.56 Å². The summed E-state index contributed by atoms with van der Waals surface area (Å²) in [5.74, 6) is -1.00. The second-order valence-electron chi connectivity index (χ2n) is 5.16. The molecular weight excluding hydrogens is 344 g/mol. The lowest BCUT2D eigenvalue weighted by molar-refractivity contribution is -0.117. The van der Waals surface area contributed by atoms with Gasteiger partial charge in [-0.15, -0.1) is 0 Å². The number of hydrogen-bond donors (Lipinski definition) is 4. The molecule has 2 rings (SSSR count). The second kappa shape index (κ2) is 8.70. The summed E-state index contributed by atoms with van der Waals surface area (Å²) in [4.78, 5) is 34.2. The Labute approximate surface area is 149 Å². The first-order chi connectivity index (χ1) is 11.9. The maximum Gasteiger partial charge on any atom is 0.319 e. The Morgan fingerprint density at radius 2 is 1.72 bits per heavy atom. The number of benzene rings is 2. The normalized spacial score (nSPS) is 9.96. The number of urea groups is 1. The van der Waals surface area contributed by atoms with Crippen LogP contribution in [0.2, 0.25) is 5.02 Å². The van der Waals surface area contributed by atoms with Gasteiger partial charge < -0.3 is 21.7 Å². The zero-order valence-corrected chi connectivity index (χ0v) is 14.0. The van der Waals surface area contributed by atoms with Crippen molar-refractivity contribution in [1.29, 1.82) is 0 Å². The number of nitrogens with two attached hydrogens (primary N) is 1. The van der Waals surface area contributed by atoms with Crippen LogP contribution in [-0.4, -0.2) is 24.4 Å². The highest BCUT2D eigenvalue weighted by atomic mass is 35.5. The third kappa shape index (κ3) is 6.15. The van der Waals surface area contributed by atoms with Gasteiger partial charge in [-0.2, -0.15) is 0 Å². The van der Waals surface area contributed by atoms with E-state index >= 15 is 0 Å². The molecule has 0 aliphatic carbocycles. The molecule has 4 amide bonds. The molecule has 7 nitrogen and oxygen atoms in total. The molecule has 0 radical (unpaired) electrons. The van der Waals surface area contributed by atoms with Crippen molar-refractivity contribution in [3.05, 3.63) is 64.7 Å². The molecule has 0 fully saturated rings. The molecule has 0 heterocycles. The van der Waals surface area contributed by atoms with Gasteiger partial charge in [-0.25, -0.2) is 4.79 Å². The Morgan fingerprint density at radius 1 is 1.00 bits per heavy atom. The van der Waals surface area contributed by atoms with Crippen LogP contribution in [0.4, 0.5) is 10.5 Å². The Balaban J connectivity index is 1.83. The van der Waals surface area contributed by atoms with E-state index in [1.807, 2.05) is 0 Å². The third-order valence-corrected chi connectivity index (χ3v) is 3.41. The van der Waals surface area contributed by atoms with Crippen molar-refractivity contribution in [3.8, 4) is 0 Å². The summed E-state index contributed by atoms with van der Waals surface area (Å²) in [6.45, 7) is 0.0708. The summed E-state index contributed by atoms with van der Waals surface area (Å²) >= 11 is 5.85. The Hall–Kier alpha value is -3.06. The molecular formula is C17H17ClN4O3. The van der Waals surface area contributed by atoms with Gasteiger partial charge in [-0.3, -0.25) is 9.59 Å². The van der Waals surface area contributed by atoms with E-state index in [9.17, 15) is 14.4 Å². The Bertz CT molecular complexity index is 778. The zero-order valence-electron chi connectivity index (χ0n) is 13.2. The Morgan fingerprint density at radius 3 is 2.36 bits per heavy atom. The van der Waals surface area contributed by atoms with Gasteiger partial charge in [0.1, 0.15) is 0 Å². The SMILES string of the molecule is NC(=O)CNC(=O)c1ccc(CNC(=O)Nc2cccc(Cl)c2)cc1. The maximum absolute atomic E-state index is 11.8. The predicted octanol–water partition coefficient (Wildman–Crippen LogP) is 1.88. The van der Waals surface area contributed by atoms with Gasteiger partial charge in [0.25, 0.3) is 5.91 Å². The van der Waals surface area contributed by atoms with Crippen molar-refractivity contribution in [2.45, 2.75) is 6.54 Å². The molecule has 0 aliphatic rings. The first-order valence-corrected chi connectivity index (χ1v) is 7.77. The molecule has 130 valence electrons. The highest BCUT2D eigenvalue weighted by molar-refractivity contribution is 6.30. The highest BCUT2D eigenvalue weighted by Crippen LogP contribution is 2.14. The van der Waals surface area contributed by atoms with E-state index in [0.29, 0.717) is 16.3 Å². The quantitative estimate of drug-likeness (QED) is 0.630. The standard InChI is InChI=1S/C17H17ClN4O3/c18-13-2-1-3-14(8-13)22-17(25)21-9-11-4-6-12(7-5-11)16(24)20-10-15(19)23/h1-8H,9-10H2,(H2,19,23)(H,20,24)(H2,21,22,25). The fourth-order valence-electron chi connectivity index (χ4n) is 1.97. The number of carbonyl (C=O) groups excluding carboxylic acids is 3. The average molecular weight is 361 g/mol. The van der Waals surface area contributed by atoms with Gasteiger partial charge in [0.15, 0.2) is 0 Å². The van der Waals surface area contributed by atoms with Crippen molar-refractivity contribution >= 4 is 35.1 Å². The summed E-state index contributed by atoms with van der Waals surface area (Å²) in [7, 11) is 0. The van der Waals surface area contributed by atoms with Crippen LogP contribution >= 0.6 is 11.6 Å². The average Bonchev–Trinajstić information content (AvgIpc) is 2.58. The van der Waals surface area contributed by atoms with E-state index < -0.39 is 11.8 Å². The van der Waals surface area contributed by atoms with Crippen molar-refractivity contribution < 1.29 is 14.4 Å². The molecule has 2 aromatic carbocycles. The lowest BCUT2D eigenvalue weighted by atomic mass is 10.1. The number of anilines is 1. The lowest BCUT2D eigenvalue weighted by Crippen LogP contribution is -2.33. The van der Waals surface area contributed by atoms with Crippen LogP contribution in [0.15, 0.2) is 48.5 Å². The molecule has 25 heavy (non-hydrogen) atoms. The first-order valence-electron chi connectivity index (χ1n) is 7.40. The van der Waals surface area contributed by atoms with Crippen LogP contribution in [0.1, 0.15) is 15.9 Å². The summed E-state index contributed by atoms with van der Waals surface area (Å²) < 4.78 is 0. The maximum atomic E-state index is 11.8. The summed E-state index contributed by atoms with van der Waals surface area (Å²) in [6, 6.07) is 13.1. The molecule has 0 aliphatic heterocycles. The summed E-state index contributed by atoms with van der Waals surface area (Å²) in [6.07, 6.45) is 0. The lowest BCUT2D eigenvalue weighted by Gasteiger charge is -2.09. The van der Waals surface area contributed by atoms with Gasteiger partial charge in [-0.05, 0) is 35.9 Å². The van der Waals surface area contributed by atoms with Crippen LogP contribution in [-0.2, 0) is 11.3 Å². The third-order valence-electron chi connectivity index (χ3n) is 3.17. The fourth-order valence-corrected chi connectivity index (χ4v) is 2.16. The van der Waals surface area contributed by atoms with E-state index in [1.165, 1.54) is 0 Å². The highest BCUT2D eigenvalue weighted by Gasteiger charge is 2.07. The fraction of sp³-hybridized carbons (Fsp3) is 0.118. The van der Waals surface area contributed by atoms with Crippen LogP contribution in [0.25, 0.3) is 0 Å². The molecule has 0 saturated heterocycles. The van der Waals surface area contributed by atoms with E-state index in [1.54, 1.807) is 48.5 Å². The minimum Gasteiger partial charge on any atom is -0.368 e. The summed E-state index contributed by atoms with van der Waals surface area (Å²) in [5, 5.41) is 8.29. The number of hydrogen-bond acceptors (Lipinski definition) is 3. The van der Waals surface area contributed by atoms with Crippen molar-refractivity contribution in [2.75, 3.05) is 11.9 Å². The second-order valence-corrected chi connectivity index (χ2v) is 5.60. The molecule has 2 aromatic rings. The Kier molecular flexibility index (Phi) is 6.36. The van der Waals surface area contributed by atoms with Crippen molar-refractivity contribution in [1.82, 2.24) is 10.6 Å². The van der Waals surface area contributed by atoms with Gasteiger partial charge in [-0.1, -0.05) is 29.8 Å². The zero-order chi connectivity index (χ0) is 18.2. The van der Waals surface area contributed by atoms with E-state index in [4.69, 9.17) is 17.3 Å². The molecule has 0 saturated carbocycles. The minimum absolute atomic E-state index is 0.216. The van der Waals surface area contributed by atoms with Crippen LogP contribution < -0.4 is 21.7 Å². The molecule has 0 aromatic heterocycles. The van der Waals surface area contributed by atoms with Gasteiger partial charge in [0, 0.05) is 22.8 Å². The van der Waals surface area contributed by atoms with E-state index in [2.05, 4.69) is 16.0 Å². The van der Waals surface area contributed by atoms with Crippen LogP contribution in [0.5, 0.6) is 0 Å². The van der Waals surface area contributed by atoms with E-state index in [-0.39, 0.29) is 19.1 Å². The molecule has 5 N–H and O–H groups in total. The van der Waals surface area contributed by atoms with Crippen molar-refractivity contribution in [2.24, 2.45) is 5.73 Å². The number of halogens is 1. The molecule has 0 bridgehead atoms. The molecule has 0 spiro atoms. The predicted molar refractivity (Wildman–Crippen MR) is 95.3 cm³/mol. The van der Waals surface area contributed by atoms with Gasteiger partial charge in [0.05, 0.1) is 6.54 Å². The van der Waals surface area contributed by atoms with Gasteiger partial charge in [0.2, 0.25) is 5.91 Å². The summed E-state index contributed by atoms with van der Waals surface area (Å²) in [5.41, 5.74) is 6.77. The van der Waals surface area contributed by atoms with Crippen molar-refractivity contribution in [3.63, 3.8) is 0 Å². The molecule has 0 atom stereocenters. The molecule has 8 heteroatoms. The van der Waals surface area contributed by atoms with Crippen LogP contribution in [0, 0.1) is 0 Å². The number of nitrogens with one attached hydrogen (secondary N) is 3. The number of carbonyl (C=O) groups is 3. The monoisotopic (exact) mass is 360 g/mol. The minimum atomic E-state index is -0.611. The number of primary amides is 1. The smallest absolute Gasteiger partial charge is 0.319 e. The topological polar surface area (TPSA) is 113 Å². The largest absolute Gasteiger partial charge is 0.368 e. The van der Waals surface area contributed by atoms with Crippen LogP contribution in [0.3, 0.4) is 0 Å².